The zero-order valence-corrected chi connectivity index (χ0v) is 11.3. The number of carbonyl (C=O) groups excluding carboxylic acids is 1. The first-order chi connectivity index (χ1) is 9.15. The van der Waals surface area contributed by atoms with Gasteiger partial charge in [-0.15, -0.1) is 0 Å². The van der Waals surface area contributed by atoms with Gasteiger partial charge in [-0.2, -0.15) is 0 Å². The highest BCUT2D eigenvalue weighted by Crippen LogP contribution is 2.13. The minimum Gasteiger partial charge on any atom is -0.338 e. The molecule has 2 N–H and O–H groups in total. The molecule has 0 fully saturated rings. The largest absolute Gasteiger partial charge is 0.338 e. The number of carbonyl (C=O) groups is 1. The fourth-order valence-electron chi connectivity index (χ4n) is 1.70. The molecule has 0 saturated heterocycles. The van der Waals surface area contributed by atoms with Crippen molar-refractivity contribution in [1.82, 2.24) is 9.88 Å². The molecule has 1 aromatic heterocycles. The molecule has 2 aromatic rings. The van der Waals surface area contributed by atoms with E-state index in [1.807, 2.05) is 53.4 Å². The van der Waals surface area contributed by atoms with Gasteiger partial charge in [0.2, 0.25) is 0 Å². The maximum absolute atomic E-state index is 11.6. The van der Waals surface area contributed by atoms with Crippen LogP contribution in [0.15, 0.2) is 48.8 Å². The minimum atomic E-state index is -0.164. The zero-order chi connectivity index (χ0) is 13.7. The van der Waals surface area contributed by atoms with Crippen LogP contribution in [0.2, 0.25) is 0 Å². The Kier molecular flexibility index (Phi) is 4.23. The Bertz CT molecular complexity index is 515. The fourth-order valence-corrected chi connectivity index (χ4v) is 1.70. The number of nitrogens with one attached hydrogen (secondary N) is 2. The van der Waals surface area contributed by atoms with Crippen LogP contribution in [0.3, 0.4) is 0 Å². The maximum atomic E-state index is 11.6. The van der Waals surface area contributed by atoms with Crippen molar-refractivity contribution in [3.8, 4) is 5.69 Å². The number of anilines is 1. The predicted octanol–water partition coefficient (Wildman–Crippen LogP) is 3.25. The Morgan fingerprint density at radius 2 is 1.79 bits per heavy atom. The van der Waals surface area contributed by atoms with E-state index in [9.17, 15) is 4.79 Å². The van der Waals surface area contributed by atoms with Gasteiger partial charge in [-0.25, -0.2) is 4.79 Å². The molecular weight excluding hydrogens is 238 g/mol. The molecule has 0 aliphatic carbocycles. The van der Waals surface area contributed by atoms with Crippen molar-refractivity contribution in [1.29, 1.82) is 0 Å². The second-order valence-corrected chi connectivity index (χ2v) is 4.87. The topological polar surface area (TPSA) is 46.1 Å². The summed E-state index contributed by atoms with van der Waals surface area (Å²) in [7, 11) is 0. The van der Waals surface area contributed by atoms with Gasteiger partial charge in [0.1, 0.15) is 0 Å². The number of rotatable bonds is 4. The first-order valence-electron chi connectivity index (χ1n) is 6.43. The van der Waals surface area contributed by atoms with Gasteiger partial charge in [0.05, 0.1) is 0 Å². The number of urea groups is 1. The second-order valence-electron chi connectivity index (χ2n) is 4.87. The smallest absolute Gasteiger partial charge is 0.319 e. The van der Waals surface area contributed by atoms with Gasteiger partial charge >= 0.3 is 6.03 Å². The first kappa shape index (κ1) is 13.2. The van der Waals surface area contributed by atoms with Crippen molar-refractivity contribution in [2.24, 2.45) is 5.92 Å². The van der Waals surface area contributed by atoms with E-state index in [2.05, 4.69) is 24.5 Å². The van der Waals surface area contributed by atoms with E-state index in [0.29, 0.717) is 12.5 Å². The molecule has 1 aromatic carbocycles. The molecule has 0 bridgehead atoms. The second kappa shape index (κ2) is 6.09. The molecule has 2 amide bonds. The van der Waals surface area contributed by atoms with E-state index in [0.717, 1.165) is 11.4 Å². The molecule has 0 aliphatic rings. The first-order valence-corrected chi connectivity index (χ1v) is 6.43. The number of benzene rings is 1. The summed E-state index contributed by atoms with van der Waals surface area (Å²) >= 11 is 0. The monoisotopic (exact) mass is 257 g/mol. The van der Waals surface area contributed by atoms with Crippen LogP contribution in [-0.4, -0.2) is 17.1 Å². The van der Waals surface area contributed by atoms with Crippen molar-refractivity contribution in [3.05, 3.63) is 48.8 Å². The van der Waals surface area contributed by atoms with Crippen LogP contribution in [0, 0.1) is 5.92 Å². The van der Waals surface area contributed by atoms with Crippen LogP contribution in [0.25, 0.3) is 5.69 Å². The third-order valence-corrected chi connectivity index (χ3v) is 2.70. The van der Waals surface area contributed by atoms with E-state index >= 15 is 0 Å². The van der Waals surface area contributed by atoms with Gasteiger partial charge in [0.15, 0.2) is 0 Å². The Morgan fingerprint density at radius 1 is 1.16 bits per heavy atom. The summed E-state index contributed by atoms with van der Waals surface area (Å²) in [6, 6.07) is 11.5. The zero-order valence-electron chi connectivity index (χ0n) is 11.3. The number of amides is 2. The predicted molar refractivity (Wildman–Crippen MR) is 77.6 cm³/mol. The molecule has 0 saturated carbocycles. The summed E-state index contributed by atoms with van der Waals surface area (Å²) < 4.78 is 2.02. The van der Waals surface area contributed by atoms with Gasteiger partial charge in [0, 0.05) is 30.3 Å². The molecule has 1 heterocycles. The molecule has 0 radical (unpaired) electrons. The van der Waals surface area contributed by atoms with Crippen LogP contribution in [0.5, 0.6) is 0 Å². The van der Waals surface area contributed by atoms with Crippen molar-refractivity contribution in [2.45, 2.75) is 13.8 Å². The van der Waals surface area contributed by atoms with Crippen LogP contribution >= 0.6 is 0 Å². The highest BCUT2D eigenvalue weighted by Gasteiger charge is 2.02. The van der Waals surface area contributed by atoms with Gasteiger partial charge in [-0.05, 0) is 42.3 Å². The number of hydrogen-bond acceptors (Lipinski definition) is 1. The van der Waals surface area contributed by atoms with Gasteiger partial charge in [-0.1, -0.05) is 13.8 Å². The van der Waals surface area contributed by atoms with Gasteiger partial charge in [0.25, 0.3) is 0 Å². The molecule has 4 nitrogen and oxygen atoms in total. The Hall–Kier alpha value is -2.23. The normalized spacial score (nSPS) is 10.5. The van der Waals surface area contributed by atoms with Gasteiger partial charge < -0.3 is 15.2 Å². The molecule has 0 spiro atoms. The summed E-state index contributed by atoms with van der Waals surface area (Å²) in [4.78, 5) is 11.6. The van der Waals surface area contributed by atoms with E-state index in [1.54, 1.807) is 0 Å². The van der Waals surface area contributed by atoms with Crippen LogP contribution in [0.1, 0.15) is 13.8 Å². The number of nitrogens with zero attached hydrogens (tertiary/aromatic N) is 1. The molecular formula is C15H19N3O. The Morgan fingerprint density at radius 3 is 2.37 bits per heavy atom. The quantitative estimate of drug-likeness (QED) is 0.867. The van der Waals surface area contributed by atoms with Crippen LogP contribution in [0.4, 0.5) is 10.5 Å². The fraction of sp³-hybridized carbons (Fsp3) is 0.267. The van der Waals surface area contributed by atoms with Crippen molar-refractivity contribution in [2.75, 3.05) is 11.9 Å². The van der Waals surface area contributed by atoms with Crippen molar-refractivity contribution in [3.63, 3.8) is 0 Å². The minimum absolute atomic E-state index is 0.164. The van der Waals surface area contributed by atoms with E-state index in [4.69, 9.17) is 0 Å². The average molecular weight is 257 g/mol. The highest BCUT2D eigenvalue weighted by molar-refractivity contribution is 5.89. The third kappa shape index (κ3) is 3.88. The van der Waals surface area contributed by atoms with E-state index in [-0.39, 0.29) is 6.03 Å². The molecule has 100 valence electrons. The van der Waals surface area contributed by atoms with Gasteiger partial charge in [-0.3, -0.25) is 0 Å². The highest BCUT2D eigenvalue weighted by atomic mass is 16.2. The summed E-state index contributed by atoms with van der Waals surface area (Å²) in [5.74, 6) is 0.446. The number of aromatic nitrogens is 1. The maximum Gasteiger partial charge on any atom is 0.319 e. The summed E-state index contributed by atoms with van der Waals surface area (Å²) in [5, 5.41) is 5.63. The summed E-state index contributed by atoms with van der Waals surface area (Å²) in [6.45, 7) is 4.80. The van der Waals surface area contributed by atoms with E-state index in [1.165, 1.54) is 0 Å². The van der Waals surface area contributed by atoms with Crippen molar-refractivity contribution < 1.29 is 4.79 Å². The number of hydrogen-bond donors (Lipinski definition) is 2. The standard InChI is InChI=1S/C15H19N3O/c1-12(2)11-16-15(19)17-13-5-7-14(8-6-13)18-9-3-4-10-18/h3-10,12H,11H2,1-2H3,(H2,16,17,19). The lowest BCUT2D eigenvalue weighted by atomic mass is 10.2. The molecule has 0 aliphatic heterocycles. The SMILES string of the molecule is CC(C)CNC(=O)Nc1ccc(-n2cccc2)cc1. The average Bonchev–Trinajstić information content (AvgIpc) is 2.91. The molecule has 0 atom stereocenters. The lowest BCUT2D eigenvalue weighted by Gasteiger charge is -2.10. The summed E-state index contributed by atoms with van der Waals surface area (Å²) in [6.07, 6.45) is 3.97. The molecule has 2 rings (SSSR count). The van der Waals surface area contributed by atoms with Crippen molar-refractivity contribution >= 4 is 11.7 Å². The molecule has 4 heteroatoms. The lowest BCUT2D eigenvalue weighted by molar-refractivity contribution is 0.251. The van der Waals surface area contributed by atoms with Crippen LogP contribution < -0.4 is 10.6 Å². The third-order valence-electron chi connectivity index (χ3n) is 2.70. The van der Waals surface area contributed by atoms with E-state index < -0.39 is 0 Å². The Labute approximate surface area is 113 Å². The Balaban J connectivity index is 1.94. The lowest BCUT2D eigenvalue weighted by Crippen LogP contribution is -2.31. The molecule has 19 heavy (non-hydrogen) atoms. The molecule has 0 unspecified atom stereocenters. The van der Waals surface area contributed by atoms with Crippen LogP contribution in [-0.2, 0) is 0 Å². The summed E-state index contributed by atoms with van der Waals surface area (Å²) in [5.41, 5.74) is 1.86.